The van der Waals surface area contributed by atoms with Gasteiger partial charge in [-0.3, -0.25) is 0 Å². The molecule has 0 aromatic carbocycles. The molecule has 2 heteroatoms. The molecule has 0 aromatic rings. The first-order valence-electron chi connectivity index (χ1n) is 6.03. The van der Waals surface area contributed by atoms with Crippen LogP contribution in [0.25, 0.3) is 0 Å². The van der Waals surface area contributed by atoms with Gasteiger partial charge in [-0.1, -0.05) is 34.6 Å². The Hall–Kier alpha value is -0.0800. The van der Waals surface area contributed by atoms with Gasteiger partial charge in [-0.05, 0) is 32.9 Å². The zero-order valence-electron chi connectivity index (χ0n) is 11.3. The first-order chi connectivity index (χ1) is 6.84. The summed E-state index contributed by atoms with van der Waals surface area (Å²) in [6, 6.07) is 0.861. The second-order valence-electron chi connectivity index (χ2n) is 2.62. The van der Waals surface area contributed by atoms with Crippen LogP contribution in [-0.4, -0.2) is 36.2 Å². The molecular weight excluding hydrogens is 174 g/mol. The lowest BCUT2D eigenvalue weighted by atomic mass is 10.2. The quantitative estimate of drug-likeness (QED) is 0.711. The number of aliphatic hydroxyl groups is 1. The summed E-state index contributed by atoms with van der Waals surface area (Å²) in [6.07, 6.45) is 2.82. The molecule has 1 fully saturated rings. The van der Waals surface area contributed by atoms with Gasteiger partial charge in [0.25, 0.3) is 0 Å². The molecule has 1 heterocycles. The van der Waals surface area contributed by atoms with Crippen LogP contribution in [0.3, 0.4) is 0 Å². The predicted octanol–water partition coefficient (Wildman–Crippen LogP) is 3.15. The Balaban J connectivity index is -0.000000174. The summed E-state index contributed by atoms with van der Waals surface area (Å²) in [6.45, 7) is 15.1. The van der Waals surface area contributed by atoms with Crippen molar-refractivity contribution in [3.05, 3.63) is 0 Å². The van der Waals surface area contributed by atoms with Gasteiger partial charge in [-0.25, -0.2) is 0 Å². The van der Waals surface area contributed by atoms with Gasteiger partial charge in [0, 0.05) is 13.2 Å². The number of aliphatic hydroxyl groups excluding tert-OH is 1. The third-order valence-corrected chi connectivity index (χ3v) is 2.10. The Bertz CT molecular complexity index is 76.7. The highest BCUT2D eigenvalue weighted by Gasteiger charge is 2.16. The van der Waals surface area contributed by atoms with Crippen LogP contribution in [0, 0.1) is 0 Å². The summed E-state index contributed by atoms with van der Waals surface area (Å²) >= 11 is 0. The molecule has 1 unspecified atom stereocenters. The lowest BCUT2D eigenvalue weighted by Gasteiger charge is -2.17. The van der Waals surface area contributed by atoms with Gasteiger partial charge in [0.1, 0.15) is 0 Å². The van der Waals surface area contributed by atoms with Crippen molar-refractivity contribution in [1.29, 1.82) is 0 Å². The SMILES string of the molecule is CC.CC.CCN1CCCC1C.CO. The van der Waals surface area contributed by atoms with Crippen molar-refractivity contribution in [2.45, 2.75) is 60.4 Å². The number of hydrogen-bond donors (Lipinski definition) is 1. The van der Waals surface area contributed by atoms with Crippen molar-refractivity contribution in [2.24, 2.45) is 0 Å². The van der Waals surface area contributed by atoms with Crippen molar-refractivity contribution >= 4 is 0 Å². The van der Waals surface area contributed by atoms with E-state index in [0.29, 0.717) is 0 Å². The number of nitrogens with zero attached hydrogens (tertiary/aromatic N) is 1. The second kappa shape index (κ2) is 18.7. The van der Waals surface area contributed by atoms with Crippen LogP contribution in [0.5, 0.6) is 0 Å². The third-order valence-electron chi connectivity index (χ3n) is 2.10. The van der Waals surface area contributed by atoms with Crippen LogP contribution in [-0.2, 0) is 0 Å². The molecule has 1 rings (SSSR count). The summed E-state index contributed by atoms with van der Waals surface area (Å²) in [7, 11) is 1.00. The summed E-state index contributed by atoms with van der Waals surface area (Å²) in [5, 5.41) is 7.00. The summed E-state index contributed by atoms with van der Waals surface area (Å²) in [5.74, 6) is 0. The first kappa shape index (κ1) is 19.5. The zero-order valence-corrected chi connectivity index (χ0v) is 11.3. The second-order valence-corrected chi connectivity index (χ2v) is 2.62. The lowest BCUT2D eigenvalue weighted by Crippen LogP contribution is -2.25. The largest absolute Gasteiger partial charge is 0.400 e. The molecule has 0 saturated carbocycles. The van der Waals surface area contributed by atoms with Gasteiger partial charge in [0.05, 0.1) is 0 Å². The molecule has 90 valence electrons. The van der Waals surface area contributed by atoms with E-state index >= 15 is 0 Å². The average molecular weight is 205 g/mol. The molecule has 0 aliphatic carbocycles. The molecule has 1 atom stereocenters. The van der Waals surface area contributed by atoms with E-state index in [4.69, 9.17) is 5.11 Å². The third kappa shape index (κ3) is 10.0. The molecule has 1 aliphatic rings. The van der Waals surface area contributed by atoms with E-state index in [-0.39, 0.29) is 0 Å². The van der Waals surface area contributed by atoms with Crippen LogP contribution in [0.2, 0.25) is 0 Å². The minimum absolute atomic E-state index is 0.861. The van der Waals surface area contributed by atoms with E-state index in [0.717, 1.165) is 13.2 Å². The highest BCUT2D eigenvalue weighted by Crippen LogP contribution is 2.14. The molecule has 1 aliphatic heterocycles. The van der Waals surface area contributed by atoms with Gasteiger partial charge in [0.15, 0.2) is 0 Å². The van der Waals surface area contributed by atoms with Gasteiger partial charge < -0.3 is 10.0 Å². The fraction of sp³-hybridized carbons (Fsp3) is 1.00. The molecule has 1 N–H and O–H groups in total. The van der Waals surface area contributed by atoms with E-state index in [9.17, 15) is 0 Å². The van der Waals surface area contributed by atoms with Crippen molar-refractivity contribution in [1.82, 2.24) is 4.90 Å². The van der Waals surface area contributed by atoms with Crippen molar-refractivity contribution < 1.29 is 5.11 Å². The predicted molar refractivity (Wildman–Crippen MR) is 66.8 cm³/mol. The Morgan fingerprint density at radius 3 is 1.71 bits per heavy atom. The number of hydrogen-bond acceptors (Lipinski definition) is 2. The molecule has 0 bridgehead atoms. The van der Waals surface area contributed by atoms with Crippen molar-refractivity contribution in [3.63, 3.8) is 0 Å². The Morgan fingerprint density at radius 1 is 1.14 bits per heavy atom. The summed E-state index contributed by atoms with van der Waals surface area (Å²) in [5.41, 5.74) is 0. The van der Waals surface area contributed by atoms with E-state index in [1.54, 1.807) is 0 Å². The summed E-state index contributed by atoms with van der Waals surface area (Å²) in [4.78, 5) is 2.53. The van der Waals surface area contributed by atoms with Gasteiger partial charge in [0.2, 0.25) is 0 Å². The monoisotopic (exact) mass is 205 g/mol. The van der Waals surface area contributed by atoms with Gasteiger partial charge in [-0.15, -0.1) is 0 Å². The molecule has 0 amide bonds. The Morgan fingerprint density at radius 2 is 1.57 bits per heavy atom. The summed E-state index contributed by atoms with van der Waals surface area (Å²) < 4.78 is 0. The van der Waals surface area contributed by atoms with Crippen LogP contribution in [0.15, 0.2) is 0 Å². The van der Waals surface area contributed by atoms with Gasteiger partial charge in [-0.2, -0.15) is 0 Å². The Labute approximate surface area is 91.3 Å². The zero-order chi connectivity index (χ0) is 12.0. The van der Waals surface area contributed by atoms with Crippen LogP contribution in [0.1, 0.15) is 54.4 Å². The Kier molecular flexibility index (Phi) is 26.0. The minimum Gasteiger partial charge on any atom is -0.400 e. The van der Waals surface area contributed by atoms with E-state index < -0.39 is 0 Å². The molecule has 0 radical (unpaired) electrons. The number of rotatable bonds is 1. The fourth-order valence-corrected chi connectivity index (χ4v) is 1.46. The maximum Gasteiger partial charge on any atom is 0.0319 e. The highest BCUT2D eigenvalue weighted by atomic mass is 16.2. The topological polar surface area (TPSA) is 23.5 Å². The molecule has 0 aromatic heterocycles. The number of likely N-dealkylation sites (tertiary alicyclic amines) is 1. The molecule has 2 nitrogen and oxygen atoms in total. The maximum absolute atomic E-state index is 7.00. The van der Waals surface area contributed by atoms with E-state index in [1.807, 2.05) is 27.7 Å². The molecule has 0 spiro atoms. The smallest absolute Gasteiger partial charge is 0.0319 e. The average Bonchev–Trinajstić information content (AvgIpc) is 2.72. The van der Waals surface area contributed by atoms with E-state index in [1.165, 1.54) is 25.9 Å². The van der Waals surface area contributed by atoms with E-state index in [2.05, 4.69) is 18.7 Å². The standard InChI is InChI=1S/C7H15N.2C2H6.CH4O/c1-3-8-6-4-5-7(8)2;3*1-2/h7H,3-6H2,1-2H3;2*1-2H3;2H,1H3. The fourth-order valence-electron chi connectivity index (χ4n) is 1.46. The highest BCUT2D eigenvalue weighted by molar-refractivity contribution is 4.72. The van der Waals surface area contributed by atoms with Crippen molar-refractivity contribution in [2.75, 3.05) is 20.2 Å². The van der Waals surface area contributed by atoms with Crippen LogP contribution < -0.4 is 0 Å². The molecule has 1 saturated heterocycles. The normalized spacial score (nSPS) is 19.3. The minimum atomic E-state index is 0.861. The van der Waals surface area contributed by atoms with Crippen LogP contribution in [0.4, 0.5) is 0 Å². The van der Waals surface area contributed by atoms with Crippen LogP contribution >= 0.6 is 0 Å². The maximum atomic E-state index is 7.00. The van der Waals surface area contributed by atoms with Crippen molar-refractivity contribution in [3.8, 4) is 0 Å². The lowest BCUT2D eigenvalue weighted by molar-refractivity contribution is 0.284. The van der Waals surface area contributed by atoms with Gasteiger partial charge >= 0.3 is 0 Å². The first-order valence-corrected chi connectivity index (χ1v) is 6.03. The molecule has 14 heavy (non-hydrogen) atoms. The molecular formula is C12H31NO.